The second kappa shape index (κ2) is 10.5. The normalized spacial score (nSPS) is 11.4. The Labute approximate surface area is 168 Å². The maximum absolute atomic E-state index is 12.4. The largest absolute Gasteiger partial charge is 0.493 e. The van der Waals surface area contributed by atoms with E-state index in [1.165, 1.54) is 33.4 Å². The van der Waals surface area contributed by atoms with E-state index in [1.54, 1.807) is 48.5 Å². The van der Waals surface area contributed by atoms with E-state index in [1.807, 2.05) is 0 Å². The molecule has 2 aromatic rings. The molecule has 0 fully saturated rings. The first-order chi connectivity index (χ1) is 14.0. The standard InChI is InChI=1S/C21H22N2O6/c1-22-21(26)23-20(25)19(15-7-5-4-6-8-15)29-18(24)12-10-14-9-11-16(27-2)17(13-14)28-3/h4-13,19H,1-3H3,(H2,22,23,25,26)/b12-10+. The van der Waals surface area contributed by atoms with Gasteiger partial charge < -0.3 is 19.5 Å². The molecule has 0 saturated carbocycles. The van der Waals surface area contributed by atoms with E-state index in [2.05, 4.69) is 10.6 Å². The number of nitrogens with one attached hydrogen (secondary N) is 2. The third-order valence-corrected chi connectivity index (χ3v) is 3.86. The quantitative estimate of drug-likeness (QED) is 0.549. The first kappa shape index (κ1) is 21.5. The van der Waals surface area contributed by atoms with Crippen LogP contribution in [0.2, 0.25) is 0 Å². The summed E-state index contributed by atoms with van der Waals surface area (Å²) in [6.07, 6.45) is 1.42. The Kier molecular flexibility index (Phi) is 7.78. The van der Waals surface area contributed by atoms with Crippen LogP contribution in [0.1, 0.15) is 17.2 Å². The second-order valence-electron chi connectivity index (χ2n) is 5.74. The van der Waals surface area contributed by atoms with E-state index in [4.69, 9.17) is 14.2 Å². The van der Waals surface area contributed by atoms with Gasteiger partial charge in [-0.3, -0.25) is 10.1 Å². The van der Waals surface area contributed by atoms with Crippen LogP contribution >= 0.6 is 0 Å². The number of ether oxygens (including phenoxy) is 3. The summed E-state index contributed by atoms with van der Waals surface area (Å²) in [6, 6.07) is 12.8. The highest BCUT2D eigenvalue weighted by Crippen LogP contribution is 2.28. The van der Waals surface area contributed by atoms with Gasteiger partial charge in [-0.25, -0.2) is 9.59 Å². The van der Waals surface area contributed by atoms with Crippen molar-refractivity contribution in [1.82, 2.24) is 10.6 Å². The minimum atomic E-state index is -1.28. The second-order valence-corrected chi connectivity index (χ2v) is 5.74. The number of imide groups is 1. The lowest BCUT2D eigenvalue weighted by Gasteiger charge is -2.16. The van der Waals surface area contributed by atoms with Gasteiger partial charge in [0.2, 0.25) is 6.10 Å². The Hall–Kier alpha value is -3.81. The smallest absolute Gasteiger partial charge is 0.331 e. The molecule has 1 atom stereocenters. The number of esters is 1. The number of hydrogen-bond acceptors (Lipinski definition) is 6. The van der Waals surface area contributed by atoms with Crippen LogP contribution in [0.5, 0.6) is 11.5 Å². The lowest BCUT2D eigenvalue weighted by Crippen LogP contribution is -2.41. The topological polar surface area (TPSA) is 103 Å². The summed E-state index contributed by atoms with van der Waals surface area (Å²) in [4.78, 5) is 36.1. The fourth-order valence-corrected chi connectivity index (χ4v) is 2.42. The molecule has 2 rings (SSSR count). The van der Waals surface area contributed by atoms with Gasteiger partial charge in [0, 0.05) is 18.7 Å². The fraction of sp³-hybridized carbons (Fsp3) is 0.190. The Balaban J connectivity index is 2.16. The molecule has 3 amide bonds. The van der Waals surface area contributed by atoms with Gasteiger partial charge in [0.15, 0.2) is 11.5 Å². The molecule has 8 nitrogen and oxygen atoms in total. The third-order valence-electron chi connectivity index (χ3n) is 3.86. The highest BCUT2D eigenvalue weighted by molar-refractivity contribution is 5.98. The Morgan fingerprint density at radius 1 is 0.966 bits per heavy atom. The van der Waals surface area contributed by atoms with Crippen molar-refractivity contribution in [2.24, 2.45) is 0 Å². The van der Waals surface area contributed by atoms with Gasteiger partial charge >= 0.3 is 12.0 Å². The van der Waals surface area contributed by atoms with E-state index < -0.39 is 24.0 Å². The van der Waals surface area contributed by atoms with Crippen molar-refractivity contribution in [3.63, 3.8) is 0 Å². The van der Waals surface area contributed by atoms with Crippen molar-refractivity contribution in [2.75, 3.05) is 21.3 Å². The molecule has 2 N–H and O–H groups in total. The van der Waals surface area contributed by atoms with Crippen LogP contribution in [0.25, 0.3) is 6.08 Å². The number of hydrogen-bond donors (Lipinski definition) is 2. The number of methoxy groups -OCH3 is 2. The molecular weight excluding hydrogens is 376 g/mol. The number of rotatable bonds is 7. The van der Waals surface area contributed by atoms with Crippen LogP contribution in [0.15, 0.2) is 54.6 Å². The average molecular weight is 398 g/mol. The van der Waals surface area contributed by atoms with Crippen molar-refractivity contribution in [3.05, 3.63) is 65.7 Å². The Morgan fingerprint density at radius 2 is 1.66 bits per heavy atom. The van der Waals surface area contributed by atoms with Crippen LogP contribution in [0, 0.1) is 0 Å². The molecule has 29 heavy (non-hydrogen) atoms. The zero-order chi connectivity index (χ0) is 21.2. The molecule has 0 radical (unpaired) electrons. The first-order valence-corrected chi connectivity index (χ1v) is 8.66. The van der Waals surface area contributed by atoms with Crippen molar-refractivity contribution in [1.29, 1.82) is 0 Å². The molecule has 152 valence electrons. The zero-order valence-corrected chi connectivity index (χ0v) is 16.3. The van der Waals surface area contributed by atoms with Crippen molar-refractivity contribution in [3.8, 4) is 11.5 Å². The van der Waals surface area contributed by atoms with Crippen LogP contribution in [-0.4, -0.2) is 39.2 Å². The predicted octanol–water partition coefficient (Wildman–Crippen LogP) is 2.46. The van der Waals surface area contributed by atoms with Crippen LogP contribution < -0.4 is 20.1 Å². The summed E-state index contributed by atoms with van der Waals surface area (Å²) in [5, 5.41) is 4.39. The summed E-state index contributed by atoms with van der Waals surface area (Å²) in [5.41, 5.74) is 1.10. The molecule has 8 heteroatoms. The Morgan fingerprint density at radius 3 is 2.28 bits per heavy atom. The van der Waals surface area contributed by atoms with Gasteiger partial charge in [0.1, 0.15) is 0 Å². The summed E-state index contributed by atoms with van der Waals surface area (Å²) in [6.45, 7) is 0. The third kappa shape index (κ3) is 6.10. The SMILES string of the molecule is CNC(=O)NC(=O)C(OC(=O)/C=C/c1ccc(OC)c(OC)c1)c1ccccc1. The van der Waals surface area contributed by atoms with Gasteiger partial charge in [-0.1, -0.05) is 36.4 Å². The molecule has 0 saturated heterocycles. The average Bonchev–Trinajstić information content (AvgIpc) is 2.76. The first-order valence-electron chi connectivity index (χ1n) is 8.66. The van der Waals surface area contributed by atoms with Gasteiger partial charge in [0.25, 0.3) is 5.91 Å². The molecular formula is C21H22N2O6. The van der Waals surface area contributed by atoms with E-state index in [-0.39, 0.29) is 0 Å². The fourth-order valence-electron chi connectivity index (χ4n) is 2.42. The Bertz CT molecular complexity index is 895. The van der Waals surface area contributed by atoms with E-state index in [0.29, 0.717) is 22.6 Å². The highest BCUT2D eigenvalue weighted by Gasteiger charge is 2.25. The van der Waals surface area contributed by atoms with E-state index in [9.17, 15) is 14.4 Å². The van der Waals surface area contributed by atoms with Gasteiger partial charge in [0.05, 0.1) is 14.2 Å². The molecule has 1 unspecified atom stereocenters. The minimum absolute atomic E-state index is 0.432. The zero-order valence-electron chi connectivity index (χ0n) is 16.3. The van der Waals surface area contributed by atoms with Gasteiger partial charge in [-0.2, -0.15) is 0 Å². The van der Waals surface area contributed by atoms with Crippen molar-refractivity contribution in [2.45, 2.75) is 6.10 Å². The maximum atomic E-state index is 12.4. The number of benzene rings is 2. The van der Waals surface area contributed by atoms with Gasteiger partial charge in [-0.05, 0) is 23.8 Å². The van der Waals surface area contributed by atoms with Crippen molar-refractivity contribution < 1.29 is 28.6 Å². The van der Waals surface area contributed by atoms with Crippen molar-refractivity contribution >= 4 is 24.0 Å². The number of amides is 3. The molecule has 0 bridgehead atoms. The number of urea groups is 1. The van der Waals surface area contributed by atoms with Gasteiger partial charge in [-0.15, -0.1) is 0 Å². The monoisotopic (exact) mass is 398 g/mol. The number of carbonyl (C=O) groups excluding carboxylic acids is 3. The molecule has 0 spiro atoms. The summed E-state index contributed by atoms with van der Waals surface area (Å²) >= 11 is 0. The maximum Gasteiger partial charge on any atom is 0.331 e. The molecule has 0 aliphatic heterocycles. The summed E-state index contributed by atoms with van der Waals surface area (Å²) < 4.78 is 15.7. The molecule has 0 heterocycles. The van der Waals surface area contributed by atoms with E-state index >= 15 is 0 Å². The molecule has 0 aliphatic carbocycles. The van der Waals surface area contributed by atoms with Crippen LogP contribution in [-0.2, 0) is 14.3 Å². The summed E-state index contributed by atoms with van der Waals surface area (Å²) in [7, 11) is 4.41. The molecule has 0 aromatic heterocycles. The molecule has 2 aromatic carbocycles. The lowest BCUT2D eigenvalue weighted by atomic mass is 10.1. The van der Waals surface area contributed by atoms with E-state index in [0.717, 1.165) is 0 Å². The van der Waals surface area contributed by atoms with Crippen LogP contribution in [0.3, 0.4) is 0 Å². The summed E-state index contributed by atoms with van der Waals surface area (Å²) in [5.74, 6) is -0.443. The lowest BCUT2D eigenvalue weighted by molar-refractivity contribution is -0.151. The highest BCUT2D eigenvalue weighted by atomic mass is 16.5. The minimum Gasteiger partial charge on any atom is -0.493 e. The van der Waals surface area contributed by atoms with Crippen LogP contribution in [0.4, 0.5) is 4.79 Å². The number of carbonyl (C=O) groups is 3. The molecule has 0 aliphatic rings. The predicted molar refractivity (Wildman–Crippen MR) is 106 cm³/mol.